The van der Waals surface area contributed by atoms with Crippen molar-refractivity contribution in [1.29, 1.82) is 0 Å². The summed E-state index contributed by atoms with van der Waals surface area (Å²) < 4.78 is 5.46. The highest BCUT2D eigenvalue weighted by atomic mass is 16.6. The summed E-state index contributed by atoms with van der Waals surface area (Å²) in [6, 6.07) is 30.9. The molecule has 0 bridgehead atoms. The molecule has 1 aliphatic rings. The van der Waals surface area contributed by atoms with Crippen LogP contribution in [0.3, 0.4) is 0 Å². The lowest BCUT2D eigenvalue weighted by atomic mass is 9.76. The summed E-state index contributed by atoms with van der Waals surface area (Å²) in [5.74, 6) is -2.45. The minimum atomic E-state index is -1.66. The molecule has 0 aromatic heterocycles. The maximum absolute atomic E-state index is 14.9. The number of esters is 1. The Morgan fingerprint density at radius 2 is 1.48 bits per heavy atom. The number of benzene rings is 4. The molecular weight excluding hydrogens is 606 g/mol. The van der Waals surface area contributed by atoms with Crippen LogP contribution in [0.4, 0.5) is 16.2 Å². The van der Waals surface area contributed by atoms with E-state index >= 15 is 0 Å². The van der Waals surface area contributed by atoms with Crippen LogP contribution >= 0.6 is 0 Å². The predicted molar refractivity (Wildman–Crippen MR) is 186 cm³/mol. The van der Waals surface area contributed by atoms with Crippen LogP contribution in [0.25, 0.3) is 0 Å². The van der Waals surface area contributed by atoms with Gasteiger partial charge in [-0.1, -0.05) is 98.8 Å². The Hall–Kier alpha value is -5.77. The molecule has 4 amide bonds. The topological polar surface area (TPSA) is 143 Å². The van der Waals surface area contributed by atoms with E-state index in [1.165, 1.54) is 11.0 Å². The number of urea groups is 1. The van der Waals surface area contributed by atoms with Crippen LogP contribution in [-0.2, 0) is 19.9 Å². The number of nitrogens with one attached hydrogen (secondary N) is 2. The van der Waals surface area contributed by atoms with Crippen molar-refractivity contribution < 1.29 is 23.9 Å². The normalized spacial score (nSPS) is 15.8. The number of anilines is 2. The molecule has 0 fully saturated rings. The third-order valence-electron chi connectivity index (χ3n) is 7.96. The van der Waals surface area contributed by atoms with Crippen molar-refractivity contribution in [3.8, 4) is 0 Å². The molecular formula is C38H39N5O5. The molecule has 10 nitrogen and oxygen atoms in total. The second kappa shape index (κ2) is 13.5. The average Bonchev–Trinajstić information content (AvgIpc) is 3.16. The number of primary amides is 1. The first kappa shape index (κ1) is 33.6. The second-order valence-corrected chi connectivity index (χ2v) is 12.8. The van der Waals surface area contributed by atoms with Crippen molar-refractivity contribution in [3.63, 3.8) is 0 Å². The number of rotatable bonds is 8. The van der Waals surface area contributed by atoms with Crippen LogP contribution in [-0.4, -0.2) is 41.3 Å². The van der Waals surface area contributed by atoms with E-state index in [4.69, 9.17) is 15.5 Å². The maximum Gasteiger partial charge on any atom is 0.338 e. The third-order valence-corrected chi connectivity index (χ3v) is 7.96. The molecule has 4 N–H and O–H groups in total. The molecule has 4 aromatic rings. The summed E-state index contributed by atoms with van der Waals surface area (Å²) in [6.07, 6.45) is -1.48. The van der Waals surface area contributed by atoms with Crippen LogP contribution in [0.5, 0.6) is 0 Å². The van der Waals surface area contributed by atoms with Crippen molar-refractivity contribution in [1.82, 2.24) is 5.32 Å². The molecule has 48 heavy (non-hydrogen) atoms. The van der Waals surface area contributed by atoms with Gasteiger partial charge in [-0.2, -0.15) is 0 Å². The van der Waals surface area contributed by atoms with E-state index in [0.29, 0.717) is 33.8 Å². The number of nitrogens with zero attached hydrogens (tertiary/aromatic N) is 2. The maximum atomic E-state index is 14.9. The summed E-state index contributed by atoms with van der Waals surface area (Å²) >= 11 is 0. The van der Waals surface area contributed by atoms with Gasteiger partial charge in [0.1, 0.15) is 5.60 Å². The van der Waals surface area contributed by atoms with Crippen LogP contribution in [0.1, 0.15) is 61.7 Å². The Balaban J connectivity index is 1.62. The number of benzodiazepines with no additional fused rings is 1. The number of ether oxygens (including phenoxy) is 1. The molecule has 1 heterocycles. The Morgan fingerprint density at radius 3 is 2.10 bits per heavy atom. The van der Waals surface area contributed by atoms with Gasteiger partial charge < -0.3 is 21.1 Å². The number of hydrogen-bond acceptors (Lipinski definition) is 6. The second-order valence-electron chi connectivity index (χ2n) is 12.8. The molecule has 1 aliphatic heterocycles. The lowest BCUT2D eigenvalue weighted by Gasteiger charge is -2.45. The van der Waals surface area contributed by atoms with E-state index in [1.807, 2.05) is 62.4 Å². The van der Waals surface area contributed by atoms with Gasteiger partial charge in [-0.3, -0.25) is 14.5 Å². The van der Waals surface area contributed by atoms with Crippen molar-refractivity contribution in [2.45, 2.75) is 51.9 Å². The standard InChI is InChI=1S/C38H39N5O5/c1-24(2)38(35(39)46,27-18-10-7-11-19-27)43-30-22-13-12-21-29(30)31(25-15-8-6-9-16-25)41-32(33(43)44)42-36(47)40-28-20-14-17-26(23-28)34(45)48-37(3,4)5/h6-24,32H,1-5H3,(H2,39,46)(H2,40,42,47)/t32-,38?/m1/s1. The zero-order valence-electron chi connectivity index (χ0n) is 27.6. The monoisotopic (exact) mass is 645 g/mol. The lowest BCUT2D eigenvalue weighted by Crippen LogP contribution is -2.64. The number of fused-ring (bicyclic) bond motifs is 1. The van der Waals surface area contributed by atoms with Crippen LogP contribution in [0.15, 0.2) is 114 Å². The number of carbonyl (C=O) groups excluding carboxylic acids is 4. The van der Waals surface area contributed by atoms with Crippen molar-refractivity contribution in [2.75, 3.05) is 10.2 Å². The van der Waals surface area contributed by atoms with E-state index in [2.05, 4.69) is 10.6 Å². The van der Waals surface area contributed by atoms with E-state index in [0.717, 1.165) is 0 Å². The van der Waals surface area contributed by atoms with Gasteiger partial charge >= 0.3 is 12.0 Å². The Bertz CT molecular complexity index is 1870. The zero-order valence-corrected chi connectivity index (χ0v) is 27.6. The summed E-state index contributed by atoms with van der Waals surface area (Å²) in [5, 5.41) is 5.42. The molecule has 0 spiro atoms. The third kappa shape index (κ3) is 6.69. The molecule has 4 aromatic carbocycles. The van der Waals surface area contributed by atoms with E-state index < -0.39 is 47.0 Å². The van der Waals surface area contributed by atoms with Crippen LogP contribution in [0.2, 0.25) is 0 Å². The largest absolute Gasteiger partial charge is 0.456 e. The average molecular weight is 646 g/mol. The zero-order chi connectivity index (χ0) is 34.6. The fourth-order valence-electron chi connectivity index (χ4n) is 5.95. The van der Waals surface area contributed by atoms with Gasteiger partial charge in [-0.05, 0) is 56.5 Å². The minimum absolute atomic E-state index is 0.241. The highest BCUT2D eigenvalue weighted by Crippen LogP contribution is 2.43. The predicted octanol–water partition coefficient (Wildman–Crippen LogP) is 6.01. The highest BCUT2D eigenvalue weighted by Gasteiger charge is 2.53. The van der Waals surface area contributed by atoms with Crippen molar-refractivity contribution >= 4 is 40.9 Å². The number of carbonyl (C=O) groups is 4. The van der Waals surface area contributed by atoms with Crippen LogP contribution < -0.4 is 21.3 Å². The smallest absolute Gasteiger partial charge is 0.338 e. The van der Waals surface area contributed by atoms with Crippen molar-refractivity contribution in [2.24, 2.45) is 16.6 Å². The first-order chi connectivity index (χ1) is 22.8. The molecule has 0 aliphatic carbocycles. The quantitative estimate of drug-likeness (QED) is 0.201. The first-order valence-corrected chi connectivity index (χ1v) is 15.7. The molecule has 5 rings (SSSR count). The van der Waals surface area contributed by atoms with Gasteiger partial charge in [-0.25, -0.2) is 14.6 Å². The van der Waals surface area contributed by atoms with Crippen molar-refractivity contribution in [3.05, 3.63) is 131 Å². The number of hydrogen-bond donors (Lipinski definition) is 3. The van der Waals surface area contributed by atoms with Gasteiger partial charge in [0.25, 0.3) is 5.91 Å². The van der Waals surface area contributed by atoms with E-state index in [9.17, 15) is 19.2 Å². The van der Waals surface area contributed by atoms with E-state index in [1.54, 1.807) is 75.4 Å². The molecule has 0 saturated heterocycles. The van der Waals surface area contributed by atoms with Gasteiger partial charge in [0, 0.05) is 16.8 Å². The van der Waals surface area contributed by atoms with E-state index in [-0.39, 0.29) is 5.56 Å². The number of para-hydroxylation sites is 1. The minimum Gasteiger partial charge on any atom is -0.456 e. The Kier molecular flexibility index (Phi) is 9.47. The molecule has 246 valence electrons. The SMILES string of the molecule is CC(C)C(C(N)=O)(c1ccccc1)N1C(=O)[C@@H](NC(=O)Nc2cccc(C(=O)OC(C)(C)C)c2)N=C(c2ccccc2)c2ccccc21. The fourth-order valence-corrected chi connectivity index (χ4v) is 5.95. The van der Waals surface area contributed by atoms with Gasteiger partial charge in [0.05, 0.1) is 17.0 Å². The molecule has 0 saturated carbocycles. The van der Waals surface area contributed by atoms with Crippen LogP contribution in [0, 0.1) is 5.92 Å². The summed E-state index contributed by atoms with van der Waals surface area (Å²) in [5.41, 5.74) is 7.09. The molecule has 2 atom stereocenters. The lowest BCUT2D eigenvalue weighted by molar-refractivity contribution is -0.131. The number of nitrogens with two attached hydrogens (primary N) is 1. The number of aliphatic imine (C=N–C) groups is 1. The molecule has 1 unspecified atom stereocenters. The summed E-state index contributed by atoms with van der Waals surface area (Å²) in [4.78, 5) is 61.2. The van der Waals surface area contributed by atoms with Gasteiger partial charge in [0.2, 0.25) is 12.1 Å². The Labute approximate surface area is 280 Å². The molecule has 10 heteroatoms. The first-order valence-electron chi connectivity index (χ1n) is 15.7. The number of amides is 4. The summed E-state index contributed by atoms with van der Waals surface area (Å²) in [6.45, 7) is 8.94. The van der Waals surface area contributed by atoms with Gasteiger partial charge in [-0.15, -0.1) is 0 Å². The van der Waals surface area contributed by atoms with Gasteiger partial charge in [0.15, 0.2) is 5.54 Å². The molecule has 0 radical (unpaired) electrons. The Morgan fingerprint density at radius 1 is 0.854 bits per heavy atom. The summed E-state index contributed by atoms with van der Waals surface area (Å²) in [7, 11) is 0. The fraction of sp³-hybridized carbons (Fsp3) is 0.237. The highest BCUT2D eigenvalue weighted by molar-refractivity contribution is 6.21.